The maximum Gasteiger partial charge on any atom is 0.237 e. The fraction of sp³-hybridized carbons (Fsp3) is 0.214. The molecule has 0 saturated heterocycles. The highest BCUT2D eigenvalue weighted by atomic mass is 19.1. The Morgan fingerprint density at radius 2 is 1.95 bits per heavy atom. The monoisotopic (exact) mass is 264 g/mol. The van der Waals surface area contributed by atoms with Gasteiger partial charge in [-0.25, -0.2) is 13.8 Å². The van der Waals surface area contributed by atoms with Crippen molar-refractivity contribution in [2.75, 3.05) is 11.9 Å². The van der Waals surface area contributed by atoms with Gasteiger partial charge in [-0.2, -0.15) is 0 Å². The number of ether oxygens (including phenoxy) is 1. The Labute approximate surface area is 110 Å². The van der Waals surface area contributed by atoms with Crippen LogP contribution < -0.4 is 10.1 Å². The largest absolute Gasteiger partial charge is 0.476 e. The molecule has 1 aromatic carbocycles. The SMILES string of the molecule is CCOc1ncccc1NCc1cc(F)cc(F)c1. The molecule has 0 unspecified atom stereocenters. The van der Waals surface area contributed by atoms with Gasteiger partial charge in [-0.1, -0.05) is 0 Å². The molecule has 0 saturated carbocycles. The number of benzene rings is 1. The minimum absolute atomic E-state index is 0.292. The maximum absolute atomic E-state index is 13.0. The predicted octanol–water partition coefficient (Wildman–Crippen LogP) is 3.37. The zero-order valence-electron chi connectivity index (χ0n) is 10.5. The van der Waals surface area contributed by atoms with E-state index in [4.69, 9.17) is 4.74 Å². The first-order valence-electron chi connectivity index (χ1n) is 5.95. The van der Waals surface area contributed by atoms with Gasteiger partial charge in [0.1, 0.15) is 11.6 Å². The van der Waals surface area contributed by atoms with Crippen LogP contribution in [0.15, 0.2) is 36.5 Å². The van der Waals surface area contributed by atoms with Gasteiger partial charge in [-0.15, -0.1) is 0 Å². The Balaban J connectivity index is 2.09. The van der Waals surface area contributed by atoms with Gasteiger partial charge in [0, 0.05) is 18.8 Å². The van der Waals surface area contributed by atoms with Crippen molar-refractivity contribution in [1.29, 1.82) is 0 Å². The minimum atomic E-state index is -0.590. The lowest BCUT2D eigenvalue weighted by atomic mass is 10.2. The lowest BCUT2D eigenvalue weighted by Gasteiger charge is -2.11. The number of anilines is 1. The molecule has 0 amide bonds. The van der Waals surface area contributed by atoms with E-state index in [-0.39, 0.29) is 0 Å². The van der Waals surface area contributed by atoms with E-state index in [0.717, 1.165) is 6.07 Å². The molecule has 0 aliphatic heterocycles. The fourth-order valence-corrected chi connectivity index (χ4v) is 1.69. The van der Waals surface area contributed by atoms with Gasteiger partial charge in [0.05, 0.1) is 12.3 Å². The number of nitrogens with one attached hydrogen (secondary N) is 1. The number of nitrogens with zero attached hydrogens (tertiary/aromatic N) is 1. The van der Waals surface area contributed by atoms with Crippen LogP contribution in [0.25, 0.3) is 0 Å². The van der Waals surface area contributed by atoms with Crippen LogP contribution in [0.4, 0.5) is 14.5 Å². The first kappa shape index (κ1) is 13.3. The normalized spacial score (nSPS) is 10.3. The summed E-state index contributed by atoms with van der Waals surface area (Å²) in [6.07, 6.45) is 1.62. The van der Waals surface area contributed by atoms with Gasteiger partial charge >= 0.3 is 0 Å². The standard InChI is InChI=1S/C14H14F2N2O/c1-2-19-14-13(4-3-5-17-14)18-9-10-6-11(15)8-12(16)7-10/h3-8,18H,2,9H2,1H3. The van der Waals surface area contributed by atoms with Crippen molar-refractivity contribution in [3.8, 4) is 5.88 Å². The summed E-state index contributed by atoms with van der Waals surface area (Å²) in [4.78, 5) is 4.08. The first-order valence-corrected chi connectivity index (χ1v) is 5.95. The van der Waals surface area contributed by atoms with Crippen LogP contribution in [0.2, 0.25) is 0 Å². The molecule has 2 rings (SSSR count). The maximum atomic E-state index is 13.0. The third kappa shape index (κ3) is 3.64. The van der Waals surface area contributed by atoms with Crippen molar-refractivity contribution in [2.24, 2.45) is 0 Å². The Kier molecular flexibility index (Phi) is 4.28. The van der Waals surface area contributed by atoms with E-state index in [1.165, 1.54) is 12.1 Å². The molecule has 100 valence electrons. The van der Waals surface area contributed by atoms with Crippen LogP contribution in [0, 0.1) is 11.6 Å². The Bertz CT molecular complexity index is 541. The summed E-state index contributed by atoms with van der Waals surface area (Å²) >= 11 is 0. The highest BCUT2D eigenvalue weighted by Crippen LogP contribution is 2.21. The van der Waals surface area contributed by atoms with Gasteiger partial charge < -0.3 is 10.1 Å². The van der Waals surface area contributed by atoms with Crippen LogP contribution in [-0.4, -0.2) is 11.6 Å². The van der Waals surface area contributed by atoms with Crippen molar-refractivity contribution < 1.29 is 13.5 Å². The summed E-state index contributed by atoms with van der Waals surface area (Å²) in [6, 6.07) is 6.98. The smallest absolute Gasteiger partial charge is 0.237 e. The Hall–Kier alpha value is -2.17. The van der Waals surface area contributed by atoms with E-state index in [1.807, 2.05) is 6.92 Å². The Morgan fingerprint density at radius 1 is 1.21 bits per heavy atom. The van der Waals surface area contributed by atoms with Crippen LogP contribution in [0.3, 0.4) is 0 Å². The molecule has 2 aromatic rings. The number of aromatic nitrogens is 1. The molecule has 0 spiro atoms. The average molecular weight is 264 g/mol. The summed E-state index contributed by atoms with van der Waals surface area (Å²) < 4.78 is 31.4. The van der Waals surface area contributed by atoms with Crippen LogP contribution in [0.5, 0.6) is 5.88 Å². The molecule has 1 aromatic heterocycles. The number of pyridine rings is 1. The molecule has 19 heavy (non-hydrogen) atoms. The van der Waals surface area contributed by atoms with E-state index < -0.39 is 11.6 Å². The lowest BCUT2D eigenvalue weighted by Crippen LogP contribution is -2.04. The van der Waals surface area contributed by atoms with Crippen molar-refractivity contribution in [3.63, 3.8) is 0 Å². The highest BCUT2D eigenvalue weighted by molar-refractivity contribution is 5.52. The van der Waals surface area contributed by atoms with Gasteiger partial charge in [-0.05, 0) is 36.8 Å². The van der Waals surface area contributed by atoms with Crippen molar-refractivity contribution in [1.82, 2.24) is 4.98 Å². The second-order valence-corrected chi connectivity index (χ2v) is 3.92. The zero-order valence-corrected chi connectivity index (χ0v) is 10.5. The fourth-order valence-electron chi connectivity index (χ4n) is 1.69. The second-order valence-electron chi connectivity index (χ2n) is 3.92. The molecule has 0 fully saturated rings. The predicted molar refractivity (Wildman–Crippen MR) is 69.1 cm³/mol. The molecular formula is C14H14F2N2O. The molecule has 3 nitrogen and oxygen atoms in total. The van der Waals surface area contributed by atoms with E-state index in [1.54, 1.807) is 18.3 Å². The Morgan fingerprint density at radius 3 is 2.63 bits per heavy atom. The summed E-state index contributed by atoms with van der Waals surface area (Å²) in [5.41, 5.74) is 1.21. The molecule has 1 N–H and O–H groups in total. The van der Waals surface area contributed by atoms with Crippen LogP contribution in [0.1, 0.15) is 12.5 Å². The number of hydrogen-bond donors (Lipinski definition) is 1. The average Bonchev–Trinajstić information content (AvgIpc) is 2.37. The molecule has 0 radical (unpaired) electrons. The van der Waals surface area contributed by atoms with E-state index in [2.05, 4.69) is 10.3 Å². The molecule has 0 aliphatic rings. The summed E-state index contributed by atoms with van der Waals surface area (Å²) in [5, 5.41) is 3.05. The first-order chi connectivity index (χ1) is 9.19. The van der Waals surface area contributed by atoms with E-state index in [0.29, 0.717) is 30.3 Å². The van der Waals surface area contributed by atoms with Gasteiger partial charge in [-0.3, -0.25) is 0 Å². The molecular weight excluding hydrogens is 250 g/mol. The number of halogens is 2. The molecule has 5 heteroatoms. The summed E-state index contributed by atoms with van der Waals surface area (Å²) in [7, 11) is 0. The minimum Gasteiger partial charge on any atom is -0.476 e. The lowest BCUT2D eigenvalue weighted by molar-refractivity contribution is 0.328. The summed E-state index contributed by atoms with van der Waals surface area (Å²) in [6.45, 7) is 2.65. The molecule has 0 aliphatic carbocycles. The van der Waals surface area contributed by atoms with Crippen molar-refractivity contribution >= 4 is 5.69 Å². The summed E-state index contributed by atoms with van der Waals surface area (Å²) in [5.74, 6) is -0.706. The third-order valence-corrected chi connectivity index (χ3v) is 2.46. The van der Waals surface area contributed by atoms with Crippen molar-refractivity contribution in [2.45, 2.75) is 13.5 Å². The molecule has 1 heterocycles. The second kappa shape index (κ2) is 6.13. The van der Waals surface area contributed by atoms with Gasteiger partial charge in [0.15, 0.2) is 0 Å². The number of hydrogen-bond acceptors (Lipinski definition) is 3. The highest BCUT2D eigenvalue weighted by Gasteiger charge is 2.05. The van der Waals surface area contributed by atoms with E-state index in [9.17, 15) is 8.78 Å². The quantitative estimate of drug-likeness (QED) is 0.899. The van der Waals surface area contributed by atoms with Crippen molar-refractivity contribution in [3.05, 3.63) is 53.7 Å². The third-order valence-electron chi connectivity index (χ3n) is 2.46. The molecule has 0 bridgehead atoms. The topological polar surface area (TPSA) is 34.1 Å². The molecule has 0 atom stereocenters. The van der Waals surface area contributed by atoms with Crippen LogP contribution >= 0.6 is 0 Å². The zero-order chi connectivity index (χ0) is 13.7. The number of rotatable bonds is 5. The van der Waals surface area contributed by atoms with Gasteiger partial charge in [0.2, 0.25) is 5.88 Å². The van der Waals surface area contributed by atoms with Gasteiger partial charge in [0.25, 0.3) is 0 Å². The van der Waals surface area contributed by atoms with E-state index >= 15 is 0 Å². The van der Waals surface area contributed by atoms with Crippen LogP contribution in [-0.2, 0) is 6.54 Å².